The van der Waals surface area contributed by atoms with Crippen LogP contribution in [0.3, 0.4) is 0 Å². The Labute approximate surface area is 122 Å². The van der Waals surface area contributed by atoms with Gasteiger partial charge in [0.05, 0.1) is 6.61 Å². The molecule has 0 aromatic heterocycles. The largest absolute Gasteiger partial charge is 0.383 e. The third-order valence-corrected chi connectivity index (χ3v) is 4.35. The average Bonchev–Trinajstić information content (AvgIpc) is 2.45. The van der Waals surface area contributed by atoms with Crippen molar-refractivity contribution >= 4 is 0 Å². The van der Waals surface area contributed by atoms with Crippen molar-refractivity contribution in [2.75, 3.05) is 26.8 Å². The molecule has 0 unspecified atom stereocenters. The van der Waals surface area contributed by atoms with E-state index in [-0.39, 0.29) is 11.2 Å². The van der Waals surface area contributed by atoms with Crippen LogP contribution in [0.1, 0.15) is 37.8 Å². The molecule has 0 aliphatic rings. The highest BCUT2D eigenvalue weighted by Crippen LogP contribution is 2.31. The zero-order chi connectivity index (χ0) is 15.0. The second-order valence-corrected chi connectivity index (χ2v) is 5.62. The lowest BCUT2D eigenvalue weighted by atomic mass is 9.76. The molecule has 0 saturated heterocycles. The van der Waals surface area contributed by atoms with Crippen LogP contribution < -0.4 is 5.32 Å². The Kier molecular flexibility index (Phi) is 7.17. The van der Waals surface area contributed by atoms with Crippen LogP contribution in [-0.4, -0.2) is 26.8 Å². The summed E-state index contributed by atoms with van der Waals surface area (Å²) in [6.45, 7) is 9.05. The smallest absolute Gasteiger partial charge is 0.123 e. The van der Waals surface area contributed by atoms with Crippen molar-refractivity contribution in [1.29, 1.82) is 0 Å². The number of benzene rings is 1. The Hall–Kier alpha value is -0.930. The number of hydrogen-bond acceptors (Lipinski definition) is 2. The number of halogens is 1. The summed E-state index contributed by atoms with van der Waals surface area (Å²) < 4.78 is 18.3. The Morgan fingerprint density at radius 2 is 1.95 bits per heavy atom. The second-order valence-electron chi connectivity index (χ2n) is 5.62. The molecule has 0 aliphatic carbocycles. The molecule has 1 rings (SSSR count). The van der Waals surface area contributed by atoms with Crippen LogP contribution in [0.2, 0.25) is 0 Å². The molecule has 114 valence electrons. The van der Waals surface area contributed by atoms with Crippen LogP contribution in [0.4, 0.5) is 4.39 Å². The summed E-state index contributed by atoms with van der Waals surface area (Å²) >= 11 is 0. The van der Waals surface area contributed by atoms with Crippen molar-refractivity contribution in [3.05, 3.63) is 35.1 Å². The van der Waals surface area contributed by atoms with E-state index < -0.39 is 0 Å². The van der Waals surface area contributed by atoms with E-state index in [9.17, 15) is 4.39 Å². The Morgan fingerprint density at radius 3 is 2.50 bits per heavy atom. The molecule has 2 nitrogen and oxygen atoms in total. The van der Waals surface area contributed by atoms with Gasteiger partial charge in [0.2, 0.25) is 0 Å². The van der Waals surface area contributed by atoms with Gasteiger partial charge in [-0.25, -0.2) is 4.39 Å². The quantitative estimate of drug-likeness (QED) is 0.697. The van der Waals surface area contributed by atoms with Gasteiger partial charge in [0.25, 0.3) is 0 Å². The summed E-state index contributed by atoms with van der Waals surface area (Å²) in [7, 11) is 1.72. The van der Waals surface area contributed by atoms with Crippen molar-refractivity contribution in [2.45, 2.75) is 40.0 Å². The molecule has 1 N–H and O–H groups in total. The van der Waals surface area contributed by atoms with E-state index in [2.05, 4.69) is 19.2 Å². The minimum Gasteiger partial charge on any atom is -0.383 e. The molecule has 0 fully saturated rings. The number of nitrogens with one attached hydrogen (secondary N) is 1. The first-order valence-corrected chi connectivity index (χ1v) is 7.51. The maximum atomic E-state index is 13.2. The van der Waals surface area contributed by atoms with Crippen LogP contribution in [0.5, 0.6) is 0 Å². The predicted octanol–water partition coefficient (Wildman–Crippen LogP) is 3.72. The summed E-state index contributed by atoms with van der Waals surface area (Å²) in [5.41, 5.74) is 2.54. The van der Waals surface area contributed by atoms with E-state index >= 15 is 0 Å². The maximum absolute atomic E-state index is 13.2. The molecule has 0 bridgehead atoms. The molecule has 0 radical (unpaired) electrons. The van der Waals surface area contributed by atoms with Gasteiger partial charge in [-0.3, -0.25) is 0 Å². The van der Waals surface area contributed by atoms with Gasteiger partial charge in [0.1, 0.15) is 5.82 Å². The van der Waals surface area contributed by atoms with Crippen molar-refractivity contribution in [3.63, 3.8) is 0 Å². The van der Waals surface area contributed by atoms with E-state index in [0.717, 1.165) is 44.5 Å². The molecule has 1 aromatic rings. The third kappa shape index (κ3) is 4.88. The first-order valence-electron chi connectivity index (χ1n) is 7.51. The van der Waals surface area contributed by atoms with Gasteiger partial charge in [-0.2, -0.15) is 0 Å². The van der Waals surface area contributed by atoms with Gasteiger partial charge >= 0.3 is 0 Å². The average molecular weight is 281 g/mol. The molecule has 20 heavy (non-hydrogen) atoms. The van der Waals surface area contributed by atoms with E-state index in [0.29, 0.717) is 0 Å². The highest BCUT2D eigenvalue weighted by molar-refractivity contribution is 5.27. The molecule has 0 atom stereocenters. The van der Waals surface area contributed by atoms with Crippen LogP contribution in [-0.2, 0) is 11.2 Å². The summed E-state index contributed by atoms with van der Waals surface area (Å²) in [6.07, 6.45) is 3.21. The minimum absolute atomic E-state index is 0.150. The zero-order valence-electron chi connectivity index (χ0n) is 13.3. The summed E-state index contributed by atoms with van der Waals surface area (Å²) in [4.78, 5) is 0. The molecular formula is C17H28FNO. The highest BCUT2D eigenvalue weighted by atomic mass is 19.1. The number of methoxy groups -OCH3 is 1. The zero-order valence-corrected chi connectivity index (χ0v) is 13.3. The molecule has 0 saturated carbocycles. The lowest BCUT2D eigenvalue weighted by molar-refractivity contribution is 0.185. The second kappa shape index (κ2) is 8.38. The lowest BCUT2D eigenvalue weighted by Crippen LogP contribution is -2.37. The molecule has 0 amide bonds. The van der Waals surface area contributed by atoms with Crippen molar-refractivity contribution in [1.82, 2.24) is 5.32 Å². The standard InChI is InChI=1S/C17H28FNO/c1-5-17(6-2,13-19-9-10-20-4)12-15-7-8-16(18)11-14(15)3/h7-8,11,19H,5-6,9-10,12-13H2,1-4H3. The van der Waals surface area contributed by atoms with Gasteiger partial charge in [-0.1, -0.05) is 19.9 Å². The fourth-order valence-electron chi connectivity index (χ4n) is 2.60. The molecule has 0 spiro atoms. The molecule has 0 aliphatic heterocycles. The third-order valence-electron chi connectivity index (χ3n) is 4.35. The monoisotopic (exact) mass is 281 g/mol. The Bertz CT molecular complexity index is 402. The summed E-state index contributed by atoms with van der Waals surface area (Å²) in [5, 5.41) is 3.48. The number of ether oxygens (including phenoxy) is 1. The first kappa shape index (κ1) is 17.1. The number of rotatable bonds is 9. The Balaban J connectivity index is 2.74. The fourth-order valence-corrected chi connectivity index (χ4v) is 2.60. The van der Waals surface area contributed by atoms with Crippen molar-refractivity contribution < 1.29 is 9.13 Å². The minimum atomic E-state index is -0.150. The van der Waals surface area contributed by atoms with E-state index in [1.165, 1.54) is 5.56 Å². The topological polar surface area (TPSA) is 21.3 Å². The van der Waals surface area contributed by atoms with Crippen LogP contribution in [0, 0.1) is 18.2 Å². The molecule has 3 heteroatoms. The van der Waals surface area contributed by atoms with E-state index in [1.807, 2.05) is 13.0 Å². The van der Waals surface area contributed by atoms with Crippen LogP contribution >= 0.6 is 0 Å². The van der Waals surface area contributed by atoms with Gasteiger partial charge in [0, 0.05) is 20.2 Å². The summed E-state index contributed by atoms with van der Waals surface area (Å²) in [5.74, 6) is -0.150. The Morgan fingerprint density at radius 1 is 1.25 bits per heavy atom. The molecule has 1 aromatic carbocycles. The first-order chi connectivity index (χ1) is 9.56. The molecule has 0 heterocycles. The maximum Gasteiger partial charge on any atom is 0.123 e. The predicted molar refractivity (Wildman–Crippen MR) is 82.6 cm³/mol. The van der Waals surface area contributed by atoms with Crippen LogP contribution in [0.25, 0.3) is 0 Å². The number of hydrogen-bond donors (Lipinski definition) is 1. The highest BCUT2D eigenvalue weighted by Gasteiger charge is 2.26. The normalized spacial score (nSPS) is 11.8. The lowest BCUT2D eigenvalue weighted by Gasteiger charge is -2.33. The van der Waals surface area contributed by atoms with E-state index in [1.54, 1.807) is 19.2 Å². The van der Waals surface area contributed by atoms with Gasteiger partial charge in [-0.05, 0) is 54.9 Å². The van der Waals surface area contributed by atoms with Crippen molar-refractivity contribution in [3.8, 4) is 0 Å². The SMILES string of the molecule is CCC(CC)(CNCCOC)Cc1ccc(F)cc1C. The van der Waals surface area contributed by atoms with Crippen molar-refractivity contribution in [2.24, 2.45) is 5.41 Å². The summed E-state index contributed by atoms with van der Waals surface area (Å²) in [6, 6.07) is 5.13. The van der Waals surface area contributed by atoms with E-state index in [4.69, 9.17) is 4.74 Å². The van der Waals surface area contributed by atoms with Gasteiger partial charge in [-0.15, -0.1) is 0 Å². The van der Waals surface area contributed by atoms with Gasteiger partial charge < -0.3 is 10.1 Å². The van der Waals surface area contributed by atoms with Gasteiger partial charge in [0.15, 0.2) is 0 Å². The fraction of sp³-hybridized carbons (Fsp3) is 0.647. The van der Waals surface area contributed by atoms with Crippen LogP contribution in [0.15, 0.2) is 18.2 Å². The molecular weight excluding hydrogens is 253 g/mol. The number of aryl methyl sites for hydroxylation is 1.